The second kappa shape index (κ2) is 3.05. The summed E-state index contributed by atoms with van der Waals surface area (Å²) < 4.78 is 0. The molecule has 16 heavy (non-hydrogen) atoms. The summed E-state index contributed by atoms with van der Waals surface area (Å²) in [5.74, 6) is 3.71. The lowest BCUT2D eigenvalue weighted by molar-refractivity contribution is -0.116. The molecule has 0 aliphatic heterocycles. The Morgan fingerprint density at radius 2 is 1.75 bits per heavy atom. The highest BCUT2D eigenvalue weighted by Crippen LogP contribution is 2.66. The highest BCUT2D eigenvalue weighted by atomic mass is 15.0. The van der Waals surface area contributed by atoms with E-state index in [0.717, 1.165) is 12.5 Å². The van der Waals surface area contributed by atoms with Gasteiger partial charge in [-0.3, -0.25) is 0 Å². The minimum atomic E-state index is 0.384. The van der Waals surface area contributed by atoms with Gasteiger partial charge in [-0.25, -0.2) is 0 Å². The van der Waals surface area contributed by atoms with Crippen LogP contribution >= 0.6 is 0 Å². The van der Waals surface area contributed by atoms with Crippen LogP contribution in [-0.4, -0.2) is 12.1 Å². The van der Waals surface area contributed by atoms with Crippen LogP contribution < -0.4 is 5.32 Å². The van der Waals surface area contributed by atoms with E-state index in [1.807, 2.05) is 0 Å². The van der Waals surface area contributed by atoms with Gasteiger partial charge in [0.05, 0.1) is 6.54 Å². The average Bonchev–Trinajstić information content (AvgIpc) is 2.08. The zero-order valence-electron chi connectivity index (χ0n) is 10.6. The molecular formula is C15H23N. The van der Waals surface area contributed by atoms with E-state index in [1.165, 1.54) is 38.5 Å². The van der Waals surface area contributed by atoms with Gasteiger partial charge in [0.25, 0.3) is 0 Å². The second-order valence-electron chi connectivity index (χ2n) is 7.47. The minimum Gasteiger partial charge on any atom is -0.301 e. The fraction of sp³-hybridized carbons (Fsp3) is 0.867. The summed E-state index contributed by atoms with van der Waals surface area (Å²) in [5, 5.41) is 3.69. The Balaban J connectivity index is 1.90. The summed E-state index contributed by atoms with van der Waals surface area (Å²) in [6.45, 7) is 5.75. The Bertz CT molecular complexity index is 333. The van der Waals surface area contributed by atoms with Gasteiger partial charge in [0.1, 0.15) is 0 Å². The third-order valence-corrected chi connectivity index (χ3v) is 5.19. The van der Waals surface area contributed by atoms with Gasteiger partial charge in [-0.15, -0.1) is 6.42 Å². The maximum absolute atomic E-state index is 5.41. The number of hydrogen-bond donors (Lipinski definition) is 1. The minimum absolute atomic E-state index is 0.384. The Kier molecular flexibility index (Phi) is 2.03. The molecule has 4 bridgehead atoms. The fourth-order valence-corrected chi connectivity index (χ4v) is 5.88. The zero-order valence-corrected chi connectivity index (χ0v) is 10.6. The topological polar surface area (TPSA) is 12.0 Å². The number of rotatable bonds is 2. The zero-order chi connectivity index (χ0) is 11.4. The van der Waals surface area contributed by atoms with Crippen LogP contribution in [-0.2, 0) is 0 Å². The summed E-state index contributed by atoms with van der Waals surface area (Å²) in [4.78, 5) is 0. The van der Waals surface area contributed by atoms with Gasteiger partial charge in [-0.1, -0.05) is 19.8 Å². The normalized spacial score (nSPS) is 53.9. The lowest BCUT2D eigenvalue weighted by Gasteiger charge is -2.65. The summed E-state index contributed by atoms with van der Waals surface area (Å²) >= 11 is 0. The molecule has 0 radical (unpaired) electrons. The van der Waals surface area contributed by atoms with Gasteiger partial charge in [-0.2, -0.15) is 0 Å². The molecule has 4 rings (SSSR count). The van der Waals surface area contributed by atoms with Crippen LogP contribution in [0.1, 0.15) is 52.4 Å². The first kappa shape index (κ1) is 10.7. The molecule has 4 fully saturated rings. The summed E-state index contributed by atoms with van der Waals surface area (Å²) in [6.07, 6.45) is 13.9. The van der Waals surface area contributed by atoms with Crippen molar-refractivity contribution in [3.05, 3.63) is 0 Å². The van der Waals surface area contributed by atoms with Crippen molar-refractivity contribution in [1.82, 2.24) is 5.32 Å². The number of terminal acetylenes is 1. The van der Waals surface area contributed by atoms with Crippen molar-refractivity contribution >= 4 is 0 Å². The number of nitrogens with one attached hydrogen (secondary N) is 1. The van der Waals surface area contributed by atoms with Crippen LogP contribution in [0.15, 0.2) is 0 Å². The van der Waals surface area contributed by atoms with E-state index < -0.39 is 0 Å². The molecule has 88 valence electrons. The van der Waals surface area contributed by atoms with E-state index in [9.17, 15) is 0 Å². The molecule has 1 heteroatoms. The van der Waals surface area contributed by atoms with Crippen molar-refractivity contribution < 1.29 is 0 Å². The van der Waals surface area contributed by atoms with Gasteiger partial charge < -0.3 is 5.32 Å². The lowest BCUT2D eigenvalue weighted by atomic mass is 9.43. The van der Waals surface area contributed by atoms with Crippen molar-refractivity contribution in [2.45, 2.75) is 57.9 Å². The Hall–Kier alpha value is -0.480. The van der Waals surface area contributed by atoms with Crippen molar-refractivity contribution in [3.63, 3.8) is 0 Å². The van der Waals surface area contributed by atoms with Crippen LogP contribution in [0.4, 0.5) is 0 Å². The molecule has 1 N–H and O–H groups in total. The molecule has 0 heterocycles. The van der Waals surface area contributed by atoms with Crippen molar-refractivity contribution in [2.75, 3.05) is 6.54 Å². The molecular weight excluding hydrogens is 194 g/mol. The summed E-state index contributed by atoms with van der Waals surface area (Å²) in [7, 11) is 0. The molecule has 4 saturated carbocycles. The van der Waals surface area contributed by atoms with E-state index in [2.05, 4.69) is 25.1 Å². The SMILES string of the molecule is C#CCNC12CC3C[C@@](C)(C1)C[C@](C)(C3)C2. The molecule has 0 saturated heterocycles. The first-order valence-corrected chi connectivity index (χ1v) is 6.65. The van der Waals surface area contributed by atoms with E-state index in [1.54, 1.807) is 0 Å². The highest BCUT2D eigenvalue weighted by molar-refractivity contribution is 5.15. The monoisotopic (exact) mass is 217 g/mol. The molecule has 0 aromatic rings. The average molecular weight is 217 g/mol. The third kappa shape index (κ3) is 1.51. The van der Waals surface area contributed by atoms with Crippen molar-refractivity contribution in [2.24, 2.45) is 16.7 Å². The van der Waals surface area contributed by atoms with Crippen molar-refractivity contribution in [1.29, 1.82) is 0 Å². The number of hydrogen-bond acceptors (Lipinski definition) is 1. The summed E-state index contributed by atoms with van der Waals surface area (Å²) in [5.41, 5.74) is 1.57. The molecule has 0 aromatic carbocycles. The molecule has 4 atom stereocenters. The van der Waals surface area contributed by atoms with E-state index in [-0.39, 0.29) is 0 Å². The highest BCUT2D eigenvalue weighted by Gasteiger charge is 2.59. The maximum atomic E-state index is 5.41. The van der Waals surface area contributed by atoms with Gasteiger partial charge >= 0.3 is 0 Å². The molecule has 4 aliphatic rings. The van der Waals surface area contributed by atoms with Crippen LogP contribution in [0.3, 0.4) is 0 Å². The van der Waals surface area contributed by atoms with Crippen LogP contribution in [0.5, 0.6) is 0 Å². The Labute approximate surface area is 99.4 Å². The predicted molar refractivity (Wildman–Crippen MR) is 67.0 cm³/mol. The predicted octanol–water partition coefficient (Wildman–Crippen LogP) is 2.96. The van der Waals surface area contributed by atoms with Crippen LogP contribution in [0.25, 0.3) is 0 Å². The van der Waals surface area contributed by atoms with Crippen molar-refractivity contribution in [3.8, 4) is 12.3 Å². The second-order valence-corrected chi connectivity index (χ2v) is 7.47. The Morgan fingerprint density at radius 3 is 2.25 bits per heavy atom. The van der Waals surface area contributed by atoms with Gasteiger partial charge in [0.2, 0.25) is 0 Å². The van der Waals surface area contributed by atoms with Crippen LogP contribution in [0.2, 0.25) is 0 Å². The smallest absolute Gasteiger partial charge is 0.0578 e. The molecule has 4 aliphatic carbocycles. The fourth-order valence-electron chi connectivity index (χ4n) is 5.88. The first-order valence-electron chi connectivity index (χ1n) is 6.65. The molecule has 1 nitrogen and oxygen atoms in total. The molecule has 0 aromatic heterocycles. The first-order chi connectivity index (χ1) is 7.47. The quantitative estimate of drug-likeness (QED) is 0.701. The lowest BCUT2D eigenvalue weighted by Crippen LogP contribution is -2.64. The standard InChI is InChI=1S/C15H23N/c1-4-5-16-15-8-12-6-13(2,10-15)9-14(3,7-12)11-15/h1,12,16H,5-11H2,2-3H3/t12?,13-,14+,15?. The van der Waals surface area contributed by atoms with Gasteiger partial charge in [0.15, 0.2) is 0 Å². The van der Waals surface area contributed by atoms with Gasteiger partial charge in [0, 0.05) is 5.54 Å². The van der Waals surface area contributed by atoms with E-state index >= 15 is 0 Å². The molecule has 0 spiro atoms. The molecule has 2 unspecified atom stereocenters. The largest absolute Gasteiger partial charge is 0.301 e. The Morgan fingerprint density at radius 1 is 1.12 bits per heavy atom. The maximum Gasteiger partial charge on any atom is 0.0578 e. The van der Waals surface area contributed by atoms with E-state index in [4.69, 9.17) is 6.42 Å². The third-order valence-electron chi connectivity index (χ3n) is 5.19. The van der Waals surface area contributed by atoms with Crippen LogP contribution in [0, 0.1) is 29.1 Å². The molecule has 0 amide bonds. The summed E-state index contributed by atoms with van der Waals surface area (Å²) in [6, 6.07) is 0. The van der Waals surface area contributed by atoms with Gasteiger partial charge in [-0.05, 0) is 55.3 Å². The van der Waals surface area contributed by atoms with E-state index in [0.29, 0.717) is 16.4 Å².